The number of methoxy groups -OCH3 is 1. The molecule has 0 spiro atoms. The Hall–Kier alpha value is -1.66. The van der Waals surface area contributed by atoms with Gasteiger partial charge < -0.3 is 19.9 Å². The number of rotatable bonds is 6. The van der Waals surface area contributed by atoms with Crippen molar-refractivity contribution in [2.75, 3.05) is 57.9 Å². The second-order valence-electron chi connectivity index (χ2n) is 5.10. The van der Waals surface area contributed by atoms with Gasteiger partial charge >= 0.3 is 0 Å². The minimum absolute atomic E-state index is 0.103. The standard InChI is InChI=1S/C15H24N4O2/c1-3-18-5-7-19(8-6-18)14-10-13(11-16-12-14)15(20)17-4-9-21-2/h10-12H,3-9H2,1-2H3,(H,17,20). The predicted octanol–water partition coefficient (Wildman–Crippen LogP) is 0.600. The Bertz CT molecular complexity index is 459. The highest BCUT2D eigenvalue weighted by molar-refractivity contribution is 5.94. The summed E-state index contributed by atoms with van der Waals surface area (Å²) in [6, 6.07) is 1.91. The lowest BCUT2D eigenvalue weighted by molar-refractivity contribution is 0.0936. The van der Waals surface area contributed by atoms with Crippen LogP contribution in [0.1, 0.15) is 17.3 Å². The maximum absolute atomic E-state index is 12.0. The first-order chi connectivity index (χ1) is 10.2. The van der Waals surface area contributed by atoms with Crippen molar-refractivity contribution in [3.8, 4) is 0 Å². The molecule has 21 heavy (non-hydrogen) atoms. The van der Waals surface area contributed by atoms with Crippen molar-refractivity contribution in [3.05, 3.63) is 24.0 Å². The number of ether oxygens (including phenoxy) is 1. The molecule has 116 valence electrons. The number of carbonyl (C=O) groups excluding carboxylic acids is 1. The SMILES string of the molecule is CCN1CCN(c2cncc(C(=O)NCCOC)c2)CC1. The lowest BCUT2D eigenvalue weighted by Crippen LogP contribution is -2.46. The first-order valence-electron chi connectivity index (χ1n) is 7.44. The molecule has 1 saturated heterocycles. The zero-order valence-corrected chi connectivity index (χ0v) is 12.8. The molecule has 1 aliphatic rings. The normalized spacial score (nSPS) is 16.0. The minimum Gasteiger partial charge on any atom is -0.383 e. The second kappa shape index (κ2) is 7.95. The number of nitrogens with one attached hydrogen (secondary N) is 1. The molecule has 1 aromatic heterocycles. The number of pyridine rings is 1. The zero-order chi connectivity index (χ0) is 15.1. The molecule has 0 saturated carbocycles. The van der Waals surface area contributed by atoms with Crippen LogP contribution in [-0.4, -0.2) is 68.8 Å². The summed E-state index contributed by atoms with van der Waals surface area (Å²) < 4.78 is 4.92. The van der Waals surface area contributed by atoms with Gasteiger partial charge in [-0.25, -0.2) is 0 Å². The van der Waals surface area contributed by atoms with Gasteiger partial charge in [-0.1, -0.05) is 6.92 Å². The van der Waals surface area contributed by atoms with Crippen LogP contribution in [0.25, 0.3) is 0 Å². The topological polar surface area (TPSA) is 57.7 Å². The van der Waals surface area contributed by atoms with E-state index in [4.69, 9.17) is 4.74 Å². The molecule has 0 radical (unpaired) electrons. The van der Waals surface area contributed by atoms with Crippen molar-refractivity contribution in [1.82, 2.24) is 15.2 Å². The van der Waals surface area contributed by atoms with E-state index >= 15 is 0 Å². The van der Waals surface area contributed by atoms with Crippen molar-refractivity contribution in [2.24, 2.45) is 0 Å². The summed E-state index contributed by atoms with van der Waals surface area (Å²) in [5, 5.41) is 2.82. The Balaban J connectivity index is 1.96. The maximum atomic E-state index is 12.0. The molecule has 2 heterocycles. The molecule has 1 amide bonds. The largest absolute Gasteiger partial charge is 0.383 e. The second-order valence-corrected chi connectivity index (χ2v) is 5.10. The number of carbonyl (C=O) groups is 1. The quantitative estimate of drug-likeness (QED) is 0.778. The van der Waals surface area contributed by atoms with E-state index in [1.165, 1.54) is 0 Å². The fraction of sp³-hybridized carbons (Fsp3) is 0.600. The molecule has 0 atom stereocenters. The zero-order valence-electron chi connectivity index (χ0n) is 12.8. The van der Waals surface area contributed by atoms with Crippen LogP contribution in [0.15, 0.2) is 18.5 Å². The Labute approximate surface area is 126 Å². The highest BCUT2D eigenvalue weighted by Crippen LogP contribution is 2.16. The predicted molar refractivity (Wildman–Crippen MR) is 82.8 cm³/mol. The first kappa shape index (κ1) is 15.7. The van der Waals surface area contributed by atoms with Gasteiger partial charge in [0, 0.05) is 46.0 Å². The van der Waals surface area contributed by atoms with E-state index in [-0.39, 0.29) is 5.91 Å². The average Bonchev–Trinajstić information content (AvgIpc) is 2.55. The molecule has 1 aromatic rings. The van der Waals surface area contributed by atoms with E-state index in [1.54, 1.807) is 13.3 Å². The van der Waals surface area contributed by atoms with Gasteiger partial charge in [0.1, 0.15) is 0 Å². The smallest absolute Gasteiger partial charge is 0.253 e. The number of anilines is 1. The molecule has 0 aliphatic carbocycles. The Morgan fingerprint density at radius 1 is 1.33 bits per heavy atom. The number of nitrogens with zero attached hydrogens (tertiary/aromatic N) is 3. The van der Waals surface area contributed by atoms with Crippen molar-refractivity contribution >= 4 is 11.6 Å². The maximum Gasteiger partial charge on any atom is 0.253 e. The van der Waals surface area contributed by atoms with Crippen molar-refractivity contribution in [3.63, 3.8) is 0 Å². The third-order valence-electron chi connectivity index (χ3n) is 3.76. The molecular formula is C15H24N4O2. The number of amides is 1. The van der Waals surface area contributed by atoms with Crippen LogP contribution in [0, 0.1) is 0 Å². The summed E-state index contributed by atoms with van der Waals surface area (Å²) in [4.78, 5) is 20.9. The van der Waals surface area contributed by atoms with Crippen LogP contribution >= 0.6 is 0 Å². The molecule has 1 fully saturated rings. The third kappa shape index (κ3) is 4.41. The molecular weight excluding hydrogens is 268 g/mol. The molecule has 6 nitrogen and oxygen atoms in total. The van der Waals surface area contributed by atoms with Gasteiger partial charge in [0.25, 0.3) is 5.91 Å². The Morgan fingerprint density at radius 3 is 2.76 bits per heavy atom. The van der Waals surface area contributed by atoms with Crippen molar-refractivity contribution in [2.45, 2.75) is 6.92 Å². The van der Waals surface area contributed by atoms with Gasteiger partial charge in [0.05, 0.1) is 24.1 Å². The number of hydrogen-bond acceptors (Lipinski definition) is 5. The number of piperazine rings is 1. The van der Waals surface area contributed by atoms with Crippen LogP contribution in [-0.2, 0) is 4.74 Å². The molecule has 6 heteroatoms. The number of likely N-dealkylation sites (N-methyl/N-ethyl adjacent to an activating group) is 1. The fourth-order valence-electron chi connectivity index (χ4n) is 2.42. The van der Waals surface area contributed by atoms with E-state index in [0.717, 1.165) is 38.4 Å². The van der Waals surface area contributed by atoms with Crippen LogP contribution in [0.2, 0.25) is 0 Å². The van der Waals surface area contributed by atoms with Gasteiger partial charge in [-0.3, -0.25) is 9.78 Å². The van der Waals surface area contributed by atoms with Crippen molar-refractivity contribution in [1.29, 1.82) is 0 Å². The Kier molecular flexibility index (Phi) is 5.95. The Morgan fingerprint density at radius 2 is 2.10 bits per heavy atom. The molecule has 0 aromatic carbocycles. The van der Waals surface area contributed by atoms with E-state index in [1.807, 2.05) is 12.3 Å². The van der Waals surface area contributed by atoms with Gasteiger partial charge in [-0.2, -0.15) is 0 Å². The van der Waals surface area contributed by atoms with E-state index in [2.05, 4.69) is 27.0 Å². The van der Waals surface area contributed by atoms with Crippen LogP contribution in [0.4, 0.5) is 5.69 Å². The highest BCUT2D eigenvalue weighted by atomic mass is 16.5. The highest BCUT2D eigenvalue weighted by Gasteiger charge is 2.17. The number of hydrogen-bond donors (Lipinski definition) is 1. The van der Waals surface area contributed by atoms with Crippen molar-refractivity contribution < 1.29 is 9.53 Å². The summed E-state index contributed by atoms with van der Waals surface area (Å²) in [5.74, 6) is -0.103. The van der Waals surface area contributed by atoms with Crippen LogP contribution in [0.5, 0.6) is 0 Å². The lowest BCUT2D eigenvalue weighted by Gasteiger charge is -2.35. The molecule has 1 aliphatic heterocycles. The van der Waals surface area contributed by atoms with E-state index in [9.17, 15) is 4.79 Å². The molecule has 2 rings (SSSR count). The summed E-state index contributed by atoms with van der Waals surface area (Å²) in [6.07, 6.45) is 3.43. The lowest BCUT2D eigenvalue weighted by atomic mass is 10.2. The summed E-state index contributed by atoms with van der Waals surface area (Å²) in [7, 11) is 1.62. The molecule has 1 N–H and O–H groups in total. The third-order valence-corrected chi connectivity index (χ3v) is 3.76. The van der Waals surface area contributed by atoms with Gasteiger partial charge in [0.2, 0.25) is 0 Å². The minimum atomic E-state index is -0.103. The molecule has 0 unspecified atom stereocenters. The monoisotopic (exact) mass is 292 g/mol. The van der Waals surface area contributed by atoms with Crippen LogP contribution in [0.3, 0.4) is 0 Å². The van der Waals surface area contributed by atoms with Gasteiger partial charge in [-0.15, -0.1) is 0 Å². The first-order valence-corrected chi connectivity index (χ1v) is 7.44. The van der Waals surface area contributed by atoms with Gasteiger partial charge in [0.15, 0.2) is 0 Å². The summed E-state index contributed by atoms with van der Waals surface area (Å²) in [6.45, 7) is 8.36. The summed E-state index contributed by atoms with van der Waals surface area (Å²) >= 11 is 0. The molecule has 0 bridgehead atoms. The summed E-state index contributed by atoms with van der Waals surface area (Å²) in [5.41, 5.74) is 1.62. The fourth-order valence-corrected chi connectivity index (χ4v) is 2.42. The number of aromatic nitrogens is 1. The van der Waals surface area contributed by atoms with Gasteiger partial charge in [-0.05, 0) is 12.6 Å². The van der Waals surface area contributed by atoms with E-state index < -0.39 is 0 Å². The van der Waals surface area contributed by atoms with Crippen LogP contribution < -0.4 is 10.2 Å². The van der Waals surface area contributed by atoms with E-state index in [0.29, 0.717) is 18.7 Å². The average molecular weight is 292 g/mol.